The molecule has 2 unspecified atom stereocenters. The maximum absolute atomic E-state index is 12.6. The lowest BCUT2D eigenvalue weighted by atomic mass is 9.80. The molecule has 8 nitrogen and oxygen atoms in total. The Bertz CT molecular complexity index is 840. The molecule has 0 radical (unpaired) electrons. The van der Waals surface area contributed by atoms with E-state index in [4.69, 9.17) is 10.5 Å². The van der Waals surface area contributed by atoms with Crippen molar-refractivity contribution in [1.82, 2.24) is 9.96 Å². The van der Waals surface area contributed by atoms with Gasteiger partial charge in [0.2, 0.25) is 5.60 Å². The number of nitrogens with zero attached hydrogens (tertiary/aromatic N) is 3. The first kappa shape index (κ1) is 16.7. The van der Waals surface area contributed by atoms with Crippen molar-refractivity contribution in [3.63, 3.8) is 0 Å². The molecule has 0 aliphatic carbocycles. The number of ether oxygens (including phenoxy) is 1. The summed E-state index contributed by atoms with van der Waals surface area (Å²) >= 11 is 0. The number of primary amides is 1. The van der Waals surface area contributed by atoms with Crippen LogP contribution >= 0.6 is 0 Å². The van der Waals surface area contributed by atoms with Crippen LogP contribution in [0.2, 0.25) is 0 Å². The first-order chi connectivity index (χ1) is 12.2. The molecule has 3 atom stereocenters. The van der Waals surface area contributed by atoms with Crippen molar-refractivity contribution in [2.75, 3.05) is 25.5 Å². The van der Waals surface area contributed by atoms with Gasteiger partial charge in [0.05, 0.1) is 12.0 Å². The SMILES string of the molecule is CN1C=CC2(C)c3cc([C@]4(OC(N)=O)CCN(O)C4=O)ccc3N(C)C12. The molecule has 3 aliphatic heterocycles. The van der Waals surface area contributed by atoms with E-state index in [0.717, 1.165) is 11.3 Å². The summed E-state index contributed by atoms with van der Waals surface area (Å²) in [4.78, 5) is 28.4. The van der Waals surface area contributed by atoms with Gasteiger partial charge in [-0.15, -0.1) is 0 Å². The van der Waals surface area contributed by atoms with Crippen LogP contribution in [-0.4, -0.2) is 54.0 Å². The molecule has 1 saturated heterocycles. The summed E-state index contributed by atoms with van der Waals surface area (Å²) in [6.07, 6.45) is 3.42. The van der Waals surface area contributed by atoms with Gasteiger partial charge in [0.15, 0.2) is 0 Å². The normalized spacial score (nSPS) is 32.2. The monoisotopic (exact) mass is 358 g/mol. The summed E-state index contributed by atoms with van der Waals surface area (Å²) < 4.78 is 5.27. The second-order valence-electron chi connectivity index (χ2n) is 7.41. The van der Waals surface area contributed by atoms with E-state index in [1.165, 1.54) is 0 Å². The van der Waals surface area contributed by atoms with Gasteiger partial charge in [-0.3, -0.25) is 10.0 Å². The van der Waals surface area contributed by atoms with Crippen LogP contribution in [0.1, 0.15) is 24.5 Å². The summed E-state index contributed by atoms with van der Waals surface area (Å²) in [5.74, 6) is -0.677. The number of hydroxylamine groups is 2. The largest absolute Gasteiger partial charge is 0.428 e. The third kappa shape index (κ3) is 1.93. The standard InChI is InChI=1S/C18H22N4O4/c1-17-6-8-20(2)14(17)21(3)13-5-4-11(10-12(13)17)18(26-16(19)24)7-9-22(25)15(18)23/h4-6,8,10,14,25H,7,9H2,1-3H3,(H2,19,24)/t14?,17?,18-/m1/s1. The summed E-state index contributed by atoms with van der Waals surface area (Å²) in [7, 11) is 4.06. The summed E-state index contributed by atoms with van der Waals surface area (Å²) in [5.41, 5.74) is 6.00. The molecule has 0 spiro atoms. The first-order valence-electron chi connectivity index (χ1n) is 8.49. The molecule has 138 valence electrons. The lowest BCUT2D eigenvalue weighted by molar-refractivity contribution is -0.170. The maximum Gasteiger partial charge on any atom is 0.405 e. The van der Waals surface area contributed by atoms with Crippen molar-refractivity contribution in [3.8, 4) is 0 Å². The van der Waals surface area contributed by atoms with Crippen molar-refractivity contribution < 1.29 is 19.5 Å². The van der Waals surface area contributed by atoms with Crippen molar-refractivity contribution in [3.05, 3.63) is 41.6 Å². The van der Waals surface area contributed by atoms with Crippen molar-refractivity contribution in [2.24, 2.45) is 5.73 Å². The Morgan fingerprint density at radius 3 is 2.73 bits per heavy atom. The Morgan fingerprint density at radius 1 is 1.38 bits per heavy atom. The summed E-state index contributed by atoms with van der Waals surface area (Å²) in [5, 5.41) is 10.4. The van der Waals surface area contributed by atoms with Crippen LogP contribution in [-0.2, 0) is 20.5 Å². The van der Waals surface area contributed by atoms with E-state index < -0.39 is 17.6 Å². The van der Waals surface area contributed by atoms with Gasteiger partial charge in [0.25, 0.3) is 5.91 Å². The predicted molar refractivity (Wildman–Crippen MR) is 93.4 cm³/mol. The highest BCUT2D eigenvalue weighted by Crippen LogP contribution is 2.51. The molecule has 0 bridgehead atoms. The molecule has 1 aromatic carbocycles. The predicted octanol–water partition coefficient (Wildman–Crippen LogP) is 1.09. The molecule has 0 aromatic heterocycles. The van der Waals surface area contributed by atoms with Gasteiger partial charge >= 0.3 is 6.09 Å². The van der Waals surface area contributed by atoms with Crippen LogP contribution in [0.25, 0.3) is 0 Å². The van der Waals surface area contributed by atoms with Gasteiger partial charge in [0.1, 0.15) is 6.17 Å². The van der Waals surface area contributed by atoms with Crippen molar-refractivity contribution >= 4 is 17.7 Å². The number of likely N-dealkylation sites (N-methyl/N-ethyl adjacent to an activating group) is 2. The number of fused-ring (bicyclic) bond motifs is 3. The van der Waals surface area contributed by atoms with E-state index in [1.807, 2.05) is 32.4 Å². The molecule has 4 rings (SSSR count). The number of nitrogens with two attached hydrogens (primary N) is 1. The number of hydrogen-bond donors (Lipinski definition) is 2. The zero-order valence-corrected chi connectivity index (χ0v) is 15.0. The highest BCUT2D eigenvalue weighted by molar-refractivity contribution is 5.90. The molecule has 8 heteroatoms. The minimum Gasteiger partial charge on any atom is -0.428 e. The zero-order valence-electron chi connectivity index (χ0n) is 15.0. The van der Waals surface area contributed by atoms with Gasteiger partial charge in [0, 0.05) is 31.8 Å². The zero-order chi connectivity index (χ0) is 18.9. The third-order valence-corrected chi connectivity index (χ3v) is 5.90. The number of hydrogen-bond acceptors (Lipinski definition) is 6. The van der Waals surface area contributed by atoms with Crippen LogP contribution < -0.4 is 10.6 Å². The second kappa shape index (κ2) is 5.14. The Morgan fingerprint density at radius 2 is 2.12 bits per heavy atom. The van der Waals surface area contributed by atoms with E-state index >= 15 is 0 Å². The molecule has 2 amide bonds. The van der Waals surface area contributed by atoms with E-state index in [9.17, 15) is 14.8 Å². The Labute approximate surface area is 151 Å². The third-order valence-electron chi connectivity index (χ3n) is 5.90. The Kier molecular flexibility index (Phi) is 3.30. The number of amides is 2. The average molecular weight is 358 g/mol. The smallest absolute Gasteiger partial charge is 0.405 e. The van der Waals surface area contributed by atoms with E-state index in [2.05, 4.69) is 22.8 Å². The minimum atomic E-state index is -1.59. The van der Waals surface area contributed by atoms with Crippen LogP contribution in [0.15, 0.2) is 30.5 Å². The van der Waals surface area contributed by atoms with Gasteiger partial charge in [-0.1, -0.05) is 12.1 Å². The van der Waals surface area contributed by atoms with Gasteiger partial charge in [-0.05, 0) is 30.8 Å². The average Bonchev–Trinajstić information content (AvgIpc) is 3.13. The minimum absolute atomic E-state index is 0.0750. The fourth-order valence-electron chi connectivity index (χ4n) is 4.70. The Balaban J connectivity index is 1.86. The lowest BCUT2D eigenvalue weighted by Gasteiger charge is -2.33. The summed E-state index contributed by atoms with van der Waals surface area (Å²) in [6, 6.07) is 5.59. The van der Waals surface area contributed by atoms with Crippen LogP contribution in [0.3, 0.4) is 0 Å². The number of anilines is 1. The topological polar surface area (TPSA) is 99.3 Å². The van der Waals surface area contributed by atoms with Gasteiger partial charge in [-0.25, -0.2) is 9.86 Å². The van der Waals surface area contributed by atoms with E-state index in [0.29, 0.717) is 10.6 Å². The molecule has 26 heavy (non-hydrogen) atoms. The molecular weight excluding hydrogens is 336 g/mol. The highest BCUT2D eigenvalue weighted by atomic mass is 16.6. The lowest BCUT2D eigenvalue weighted by Crippen LogP contribution is -2.45. The number of carbonyl (C=O) groups excluding carboxylic acids is 2. The number of rotatable bonds is 2. The van der Waals surface area contributed by atoms with Crippen molar-refractivity contribution in [2.45, 2.75) is 30.5 Å². The molecule has 1 aromatic rings. The van der Waals surface area contributed by atoms with Gasteiger partial charge in [-0.2, -0.15) is 0 Å². The van der Waals surface area contributed by atoms with E-state index in [1.54, 1.807) is 6.07 Å². The number of benzene rings is 1. The van der Waals surface area contributed by atoms with Crippen LogP contribution in [0.5, 0.6) is 0 Å². The molecule has 1 fully saturated rings. The highest BCUT2D eigenvalue weighted by Gasteiger charge is 2.54. The Hall–Kier alpha value is -2.74. The molecule has 3 heterocycles. The first-order valence-corrected chi connectivity index (χ1v) is 8.49. The quantitative estimate of drug-likeness (QED) is 0.768. The summed E-state index contributed by atoms with van der Waals surface area (Å²) in [6.45, 7) is 2.21. The van der Waals surface area contributed by atoms with Crippen LogP contribution in [0.4, 0.5) is 10.5 Å². The van der Waals surface area contributed by atoms with Crippen LogP contribution in [0, 0.1) is 0 Å². The van der Waals surface area contributed by atoms with E-state index in [-0.39, 0.29) is 24.5 Å². The second-order valence-corrected chi connectivity index (χ2v) is 7.41. The van der Waals surface area contributed by atoms with Crippen molar-refractivity contribution in [1.29, 1.82) is 0 Å². The number of carbonyl (C=O) groups is 2. The van der Waals surface area contributed by atoms with Gasteiger partial charge < -0.3 is 20.3 Å². The fourth-order valence-corrected chi connectivity index (χ4v) is 4.70. The molecule has 3 N–H and O–H groups in total. The maximum atomic E-state index is 12.6. The molecule has 3 aliphatic rings. The fraction of sp³-hybridized carbons (Fsp3) is 0.444. The molecular formula is C18H22N4O4. The molecule has 0 saturated carbocycles.